The van der Waals surface area contributed by atoms with Crippen molar-refractivity contribution in [2.45, 2.75) is 25.8 Å². The molecule has 6 heteroatoms. The van der Waals surface area contributed by atoms with E-state index in [1.807, 2.05) is 19.1 Å². The largest absolute Gasteiger partial charge is 0.368 e. The molecule has 21 heavy (non-hydrogen) atoms. The molecule has 1 aliphatic rings. The third-order valence-corrected chi connectivity index (χ3v) is 4.37. The molecule has 0 saturated heterocycles. The van der Waals surface area contributed by atoms with Gasteiger partial charge < -0.3 is 10.6 Å². The zero-order valence-electron chi connectivity index (χ0n) is 11.6. The molecule has 110 valence electrons. The molecular weight excluding hydrogens is 288 g/mol. The molecule has 0 bridgehead atoms. The molecule has 5 nitrogen and oxygen atoms in total. The average Bonchev–Trinajstić information content (AvgIpc) is 2.85. The van der Waals surface area contributed by atoms with E-state index >= 15 is 0 Å². The number of amides is 2. The first-order valence-electron chi connectivity index (χ1n) is 6.60. The lowest BCUT2D eigenvalue weighted by molar-refractivity contribution is -0.135. The Labute approximate surface area is 126 Å². The van der Waals surface area contributed by atoms with Crippen LogP contribution in [0, 0.1) is 0 Å². The van der Waals surface area contributed by atoms with E-state index in [0.717, 1.165) is 16.7 Å². The van der Waals surface area contributed by atoms with Crippen LogP contribution in [0.2, 0.25) is 0 Å². The summed E-state index contributed by atoms with van der Waals surface area (Å²) in [6.07, 6.45) is 6.57. The zero-order valence-corrected chi connectivity index (χ0v) is 12.4. The Morgan fingerprint density at radius 1 is 1.52 bits per heavy atom. The van der Waals surface area contributed by atoms with Crippen molar-refractivity contribution in [2.75, 3.05) is 0 Å². The predicted molar refractivity (Wildman–Crippen MR) is 81.6 cm³/mol. The van der Waals surface area contributed by atoms with Crippen LogP contribution in [0.15, 0.2) is 30.5 Å². The first-order chi connectivity index (χ1) is 10.1. The fourth-order valence-corrected chi connectivity index (χ4v) is 3.06. The lowest BCUT2D eigenvalue weighted by atomic mass is 10.1. The summed E-state index contributed by atoms with van der Waals surface area (Å²) in [6.45, 7) is 1.81. The van der Waals surface area contributed by atoms with Crippen LogP contribution in [0.25, 0.3) is 5.57 Å². The van der Waals surface area contributed by atoms with Gasteiger partial charge in [-0.1, -0.05) is 13.0 Å². The Morgan fingerprint density at radius 3 is 2.86 bits per heavy atom. The second-order valence-corrected chi connectivity index (χ2v) is 5.77. The van der Waals surface area contributed by atoms with Crippen LogP contribution in [0.4, 0.5) is 0 Å². The number of nitrogens with two attached hydrogens (primary N) is 1. The van der Waals surface area contributed by atoms with E-state index in [-0.39, 0.29) is 12.3 Å². The number of rotatable bonds is 5. The van der Waals surface area contributed by atoms with Gasteiger partial charge in [0.05, 0.1) is 11.3 Å². The van der Waals surface area contributed by atoms with Gasteiger partial charge in [-0.3, -0.25) is 14.4 Å². The van der Waals surface area contributed by atoms with Gasteiger partial charge in [0.1, 0.15) is 6.04 Å². The summed E-state index contributed by atoms with van der Waals surface area (Å²) in [6, 6.07) is 2.92. The van der Waals surface area contributed by atoms with Crippen LogP contribution in [0.1, 0.15) is 34.3 Å². The Kier molecular flexibility index (Phi) is 4.70. The number of aldehydes is 1. The maximum absolute atomic E-state index is 12.3. The molecular formula is C15H16N2O3S. The lowest BCUT2D eigenvalue weighted by Crippen LogP contribution is -2.44. The lowest BCUT2D eigenvalue weighted by Gasteiger charge is -2.24. The normalized spacial score (nSPS) is 16.3. The Balaban J connectivity index is 2.21. The molecule has 2 N–H and O–H groups in total. The number of primary amides is 1. The van der Waals surface area contributed by atoms with E-state index in [0.29, 0.717) is 11.3 Å². The smallest absolute Gasteiger partial charge is 0.240 e. The van der Waals surface area contributed by atoms with Crippen LogP contribution in [-0.2, 0) is 9.59 Å². The van der Waals surface area contributed by atoms with Crippen LogP contribution in [-0.4, -0.2) is 29.0 Å². The first kappa shape index (κ1) is 15.2. The minimum absolute atomic E-state index is 0.176. The summed E-state index contributed by atoms with van der Waals surface area (Å²) in [7, 11) is 0. The SMILES string of the molecule is CCC(C(N)=O)N1C=CC=C(c2ccc(C=O)s2)CC1=O. The second kappa shape index (κ2) is 6.49. The monoisotopic (exact) mass is 304 g/mol. The van der Waals surface area contributed by atoms with Gasteiger partial charge in [-0.15, -0.1) is 11.3 Å². The van der Waals surface area contributed by atoms with Gasteiger partial charge in [-0.05, 0) is 30.2 Å². The number of hydrogen-bond donors (Lipinski definition) is 1. The fraction of sp³-hybridized carbons (Fsp3) is 0.267. The van der Waals surface area contributed by atoms with E-state index in [9.17, 15) is 14.4 Å². The van der Waals surface area contributed by atoms with Crippen molar-refractivity contribution in [1.29, 1.82) is 0 Å². The maximum atomic E-state index is 12.3. The molecule has 2 amide bonds. The second-order valence-electron chi connectivity index (χ2n) is 4.66. The Morgan fingerprint density at radius 2 is 2.29 bits per heavy atom. The van der Waals surface area contributed by atoms with Gasteiger partial charge in [0.25, 0.3) is 0 Å². The molecule has 1 aromatic rings. The molecule has 1 unspecified atom stereocenters. The zero-order chi connectivity index (χ0) is 15.4. The summed E-state index contributed by atoms with van der Waals surface area (Å²) in [5.74, 6) is -0.694. The molecule has 1 aromatic heterocycles. The molecule has 1 aliphatic heterocycles. The van der Waals surface area contributed by atoms with Crippen molar-refractivity contribution >= 4 is 35.0 Å². The van der Waals surface area contributed by atoms with Crippen molar-refractivity contribution in [3.05, 3.63) is 40.2 Å². The highest BCUT2D eigenvalue weighted by Gasteiger charge is 2.26. The molecule has 0 saturated carbocycles. The number of thiophene rings is 1. The third-order valence-electron chi connectivity index (χ3n) is 3.28. The van der Waals surface area contributed by atoms with E-state index in [1.165, 1.54) is 16.2 Å². The van der Waals surface area contributed by atoms with E-state index in [1.54, 1.807) is 18.3 Å². The summed E-state index contributed by atoms with van der Waals surface area (Å²) in [5, 5.41) is 0. The molecule has 1 atom stereocenters. The molecule has 2 rings (SSSR count). The Bertz CT molecular complexity index is 631. The summed E-state index contributed by atoms with van der Waals surface area (Å²) in [5.41, 5.74) is 6.17. The van der Waals surface area contributed by atoms with Crippen molar-refractivity contribution in [2.24, 2.45) is 5.73 Å². The topological polar surface area (TPSA) is 80.5 Å². The van der Waals surface area contributed by atoms with Crippen LogP contribution in [0.3, 0.4) is 0 Å². The van der Waals surface area contributed by atoms with Gasteiger partial charge in [0.2, 0.25) is 11.8 Å². The highest BCUT2D eigenvalue weighted by molar-refractivity contribution is 7.14. The number of carbonyl (C=O) groups excluding carboxylic acids is 3. The van der Waals surface area contributed by atoms with E-state index < -0.39 is 11.9 Å². The number of allylic oxidation sites excluding steroid dienone is 2. The van der Waals surface area contributed by atoms with E-state index in [4.69, 9.17) is 5.73 Å². The summed E-state index contributed by atoms with van der Waals surface area (Å²) >= 11 is 1.34. The standard InChI is InChI=1S/C15H16N2O3S/c1-2-12(15(16)20)17-7-3-4-10(8-14(17)19)13-6-5-11(9-18)21-13/h3-7,9,12H,2,8H2,1H3,(H2,16,20). The third kappa shape index (κ3) is 3.28. The highest BCUT2D eigenvalue weighted by atomic mass is 32.1. The maximum Gasteiger partial charge on any atom is 0.240 e. The quantitative estimate of drug-likeness (QED) is 0.844. The minimum atomic E-state index is -0.629. The fourth-order valence-electron chi connectivity index (χ4n) is 2.22. The molecule has 0 spiro atoms. The van der Waals surface area contributed by atoms with Crippen LogP contribution >= 0.6 is 11.3 Å². The van der Waals surface area contributed by atoms with Crippen LogP contribution < -0.4 is 5.73 Å². The van der Waals surface area contributed by atoms with Gasteiger partial charge >= 0.3 is 0 Å². The number of nitrogens with zero attached hydrogens (tertiary/aromatic N) is 1. The van der Waals surface area contributed by atoms with Crippen molar-refractivity contribution in [3.63, 3.8) is 0 Å². The number of carbonyl (C=O) groups is 3. The van der Waals surface area contributed by atoms with Crippen LogP contribution in [0.5, 0.6) is 0 Å². The number of hydrogen-bond acceptors (Lipinski definition) is 4. The van der Waals surface area contributed by atoms with Gasteiger partial charge in [-0.25, -0.2) is 0 Å². The van der Waals surface area contributed by atoms with Crippen molar-refractivity contribution in [1.82, 2.24) is 4.90 Å². The van der Waals surface area contributed by atoms with Crippen molar-refractivity contribution in [3.8, 4) is 0 Å². The van der Waals surface area contributed by atoms with Gasteiger partial charge in [-0.2, -0.15) is 0 Å². The van der Waals surface area contributed by atoms with Crippen molar-refractivity contribution < 1.29 is 14.4 Å². The van der Waals surface area contributed by atoms with E-state index in [2.05, 4.69) is 0 Å². The average molecular weight is 304 g/mol. The molecule has 0 radical (unpaired) electrons. The Hall–Kier alpha value is -2.21. The van der Waals surface area contributed by atoms with Gasteiger partial charge in [0.15, 0.2) is 6.29 Å². The summed E-state index contributed by atoms with van der Waals surface area (Å²) < 4.78 is 0. The molecule has 0 aromatic carbocycles. The van der Waals surface area contributed by atoms with Gasteiger partial charge in [0, 0.05) is 11.1 Å². The first-order valence-corrected chi connectivity index (χ1v) is 7.41. The summed E-state index contributed by atoms with van der Waals surface area (Å²) in [4.78, 5) is 37.4. The minimum Gasteiger partial charge on any atom is -0.368 e. The highest BCUT2D eigenvalue weighted by Crippen LogP contribution is 2.28. The predicted octanol–water partition coefficient (Wildman–Crippen LogP) is 1.95. The molecule has 0 aliphatic carbocycles. The molecule has 0 fully saturated rings. The molecule has 2 heterocycles.